The average Bonchev–Trinajstić information content (AvgIpc) is 2.38. The Morgan fingerprint density at radius 3 is 2.62 bits per heavy atom. The zero-order valence-electron chi connectivity index (χ0n) is 11.5. The lowest BCUT2D eigenvalue weighted by molar-refractivity contribution is -0.137. The van der Waals surface area contributed by atoms with Crippen molar-refractivity contribution in [3.05, 3.63) is 29.8 Å². The lowest BCUT2D eigenvalue weighted by Crippen LogP contribution is -2.34. The van der Waals surface area contributed by atoms with Crippen molar-refractivity contribution in [1.82, 2.24) is 5.32 Å². The Bertz CT molecular complexity index is 494. The maximum Gasteiger partial charge on any atom is 0.387 e. The SMILES string of the molecule is CC(CCC(=O)O)NC(=O)Cc1ccccc1OC(F)F. The average molecular weight is 301 g/mol. The van der Waals surface area contributed by atoms with E-state index in [1.807, 2.05) is 0 Å². The molecule has 0 saturated carbocycles. The van der Waals surface area contributed by atoms with E-state index in [4.69, 9.17) is 5.11 Å². The number of hydrogen-bond donors (Lipinski definition) is 2. The zero-order chi connectivity index (χ0) is 15.8. The number of nitrogens with one attached hydrogen (secondary N) is 1. The zero-order valence-corrected chi connectivity index (χ0v) is 11.5. The number of para-hydroxylation sites is 1. The van der Waals surface area contributed by atoms with Crippen molar-refractivity contribution in [3.8, 4) is 5.75 Å². The van der Waals surface area contributed by atoms with Crippen molar-refractivity contribution in [3.63, 3.8) is 0 Å². The summed E-state index contributed by atoms with van der Waals surface area (Å²) in [6.45, 7) is -1.27. The minimum absolute atomic E-state index is 0.0409. The molecule has 0 aliphatic rings. The van der Waals surface area contributed by atoms with E-state index in [1.165, 1.54) is 18.2 Å². The molecule has 0 fully saturated rings. The van der Waals surface area contributed by atoms with Crippen LogP contribution in [0.1, 0.15) is 25.3 Å². The van der Waals surface area contributed by atoms with Crippen LogP contribution in [0.4, 0.5) is 8.78 Å². The number of carboxylic acids is 1. The minimum Gasteiger partial charge on any atom is -0.481 e. The van der Waals surface area contributed by atoms with E-state index in [9.17, 15) is 18.4 Å². The van der Waals surface area contributed by atoms with Gasteiger partial charge in [-0.3, -0.25) is 9.59 Å². The third kappa shape index (κ3) is 6.69. The van der Waals surface area contributed by atoms with E-state index < -0.39 is 12.6 Å². The summed E-state index contributed by atoms with van der Waals surface area (Å²) >= 11 is 0. The molecule has 7 heteroatoms. The fraction of sp³-hybridized carbons (Fsp3) is 0.429. The van der Waals surface area contributed by atoms with Crippen LogP contribution in [0.15, 0.2) is 24.3 Å². The molecule has 0 aliphatic heterocycles. The molecule has 1 aromatic rings. The van der Waals surface area contributed by atoms with Gasteiger partial charge in [0.1, 0.15) is 5.75 Å². The van der Waals surface area contributed by atoms with Crippen LogP contribution in [0.2, 0.25) is 0 Å². The van der Waals surface area contributed by atoms with Gasteiger partial charge in [-0.05, 0) is 19.4 Å². The molecule has 116 valence electrons. The topological polar surface area (TPSA) is 75.6 Å². The number of carbonyl (C=O) groups excluding carboxylic acids is 1. The molecule has 0 aliphatic carbocycles. The van der Waals surface area contributed by atoms with Crippen molar-refractivity contribution in [2.45, 2.75) is 38.8 Å². The predicted molar refractivity (Wildman–Crippen MR) is 71.3 cm³/mol. The third-order valence-electron chi connectivity index (χ3n) is 2.74. The first-order valence-electron chi connectivity index (χ1n) is 6.42. The maximum atomic E-state index is 12.2. The highest BCUT2D eigenvalue weighted by molar-refractivity contribution is 5.79. The molecule has 0 radical (unpaired) electrons. The molecule has 1 atom stereocenters. The van der Waals surface area contributed by atoms with Crippen molar-refractivity contribution < 1.29 is 28.2 Å². The Morgan fingerprint density at radius 2 is 2.00 bits per heavy atom. The molecular formula is C14H17F2NO4. The Labute approximate surface area is 120 Å². The van der Waals surface area contributed by atoms with Gasteiger partial charge >= 0.3 is 12.6 Å². The fourth-order valence-corrected chi connectivity index (χ4v) is 1.77. The molecule has 0 aromatic heterocycles. The van der Waals surface area contributed by atoms with Crippen LogP contribution in [0.5, 0.6) is 5.75 Å². The van der Waals surface area contributed by atoms with Crippen molar-refractivity contribution in [1.29, 1.82) is 0 Å². The van der Waals surface area contributed by atoms with Crippen LogP contribution in [0.25, 0.3) is 0 Å². The Balaban J connectivity index is 2.56. The van der Waals surface area contributed by atoms with Crippen molar-refractivity contribution in [2.24, 2.45) is 0 Å². The number of halogens is 2. The molecule has 1 aromatic carbocycles. The second-order valence-electron chi connectivity index (χ2n) is 4.56. The van der Waals surface area contributed by atoms with Crippen LogP contribution >= 0.6 is 0 Å². The Hall–Kier alpha value is -2.18. The molecule has 0 spiro atoms. The standard InChI is InChI=1S/C14H17F2NO4/c1-9(6-7-13(19)20)17-12(18)8-10-4-2-3-5-11(10)21-14(15)16/h2-5,9,14H,6-8H2,1H3,(H,17,18)(H,19,20). The number of hydrogen-bond acceptors (Lipinski definition) is 3. The molecule has 2 N–H and O–H groups in total. The van der Waals surface area contributed by atoms with Crippen molar-refractivity contribution >= 4 is 11.9 Å². The van der Waals surface area contributed by atoms with E-state index in [2.05, 4.69) is 10.1 Å². The first-order valence-corrected chi connectivity index (χ1v) is 6.42. The lowest BCUT2D eigenvalue weighted by atomic mass is 10.1. The first-order chi connectivity index (χ1) is 9.88. The van der Waals surface area contributed by atoms with Gasteiger partial charge in [0.2, 0.25) is 5.91 Å². The molecular weight excluding hydrogens is 284 g/mol. The summed E-state index contributed by atoms with van der Waals surface area (Å²) in [4.78, 5) is 22.2. The first kappa shape index (κ1) is 16.9. The van der Waals surface area contributed by atoms with Gasteiger partial charge in [-0.15, -0.1) is 0 Å². The molecule has 0 bridgehead atoms. The second kappa shape index (κ2) is 8.18. The summed E-state index contributed by atoms with van der Waals surface area (Å²) in [6.07, 6.45) is 0.142. The highest BCUT2D eigenvalue weighted by Gasteiger charge is 2.14. The van der Waals surface area contributed by atoms with Crippen LogP contribution in [-0.4, -0.2) is 29.6 Å². The molecule has 5 nitrogen and oxygen atoms in total. The van der Waals surface area contributed by atoms with Crippen LogP contribution < -0.4 is 10.1 Å². The van der Waals surface area contributed by atoms with Gasteiger partial charge in [0.15, 0.2) is 0 Å². The monoisotopic (exact) mass is 301 g/mol. The molecule has 21 heavy (non-hydrogen) atoms. The summed E-state index contributed by atoms with van der Waals surface area (Å²) in [5.41, 5.74) is 0.348. The minimum atomic E-state index is -2.95. The molecule has 0 heterocycles. The predicted octanol–water partition coefficient (Wildman–Crippen LogP) is 2.20. The Kier molecular flexibility index (Phi) is 6.58. The number of aliphatic carboxylic acids is 1. The van der Waals surface area contributed by atoms with Gasteiger partial charge in [0.25, 0.3) is 0 Å². The Morgan fingerprint density at radius 1 is 1.33 bits per heavy atom. The number of benzene rings is 1. The number of amides is 1. The lowest BCUT2D eigenvalue weighted by Gasteiger charge is -2.14. The van der Waals surface area contributed by atoms with Gasteiger partial charge in [-0.25, -0.2) is 0 Å². The van der Waals surface area contributed by atoms with Crippen LogP contribution in [0, 0.1) is 0 Å². The normalized spacial score (nSPS) is 12.0. The second-order valence-corrected chi connectivity index (χ2v) is 4.56. The highest BCUT2D eigenvalue weighted by atomic mass is 19.3. The number of carbonyl (C=O) groups is 2. The van der Waals surface area contributed by atoms with E-state index in [1.54, 1.807) is 13.0 Å². The largest absolute Gasteiger partial charge is 0.481 e. The number of alkyl halides is 2. The maximum absolute atomic E-state index is 12.2. The van der Waals surface area contributed by atoms with Crippen LogP contribution in [0.3, 0.4) is 0 Å². The van der Waals surface area contributed by atoms with E-state index in [0.29, 0.717) is 12.0 Å². The summed E-state index contributed by atoms with van der Waals surface area (Å²) in [5.74, 6) is -1.36. The van der Waals surface area contributed by atoms with Gasteiger partial charge in [0, 0.05) is 18.0 Å². The number of ether oxygens (including phenoxy) is 1. The van der Waals surface area contributed by atoms with Crippen molar-refractivity contribution in [2.75, 3.05) is 0 Å². The molecule has 0 saturated heterocycles. The van der Waals surface area contributed by atoms with Gasteiger partial charge in [-0.1, -0.05) is 18.2 Å². The number of rotatable bonds is 8. The smallest absolute Gasteiger partial charge is 0.387 e. The quantitative estimate of drug-likeness (QED) is 0.772. The van der Waals surface area contributed by atoms with Gasteiger partial charge < -0.3 is 15.2 Å². The summed E-state index contributed by atoms with van der Waals surface area (Å²) < 4.78 is 28.8. The number of carboxylic acid groups (broad SMARTS) is 1. The van der Waals surface area contributed by atoms with Gasteiger partial charge in [-0.2, -0.15) is 8.78 Å². The summed E-state index contributed by atoms with van der Waals surface area (Å²) in [5, 5.41) is 11.2. The van der Waals surface area contributed by atoms with E-state index >= 15 is 0 Å². The third-order valence-corrected chi connectivity index (χ3v) is 2.74. The molecule has 1 unspecified atom stereocenters. The molecule has 1 rings (SSSR count). The summed E-state index contributed by atoms with van der Waals surface area (Å²) in [7, 11) is 0. The summed E-state index contributed by atoms with van der Waals surface area (Å²) in [6, 6.07) is 5.74. The van der Waals surface area contributed by atoms with E-state index in [0.717, 1.165) is 0 Å². The van der Waals surface area contributed by atoms with Gasteiger partial charge in [0.05, 0.1) is 6.42 Å². The van der Waals surface area contributed by atoms with E-state index in [-0.39, 0.29) is 30.5 Å². The molecule has 1 amide bonds. The fourth-order valence-electron chi connectivity index (χ4n) is 1.77. The highest BCUT2D eigenvalue weighted by Crippen LogP contribution is 2.20. The van der Waals surface area contributed by atoms with Crippen LogP contribution in [-0.2, 0) is 16.0 Å².